The van der Waals surface area contributed by atoms with Gasteiger partial charge in [-0.2, -0.15) is 5.21 Å². The summed E-state index contributed by atoms with van der Waals surface area (Å²) in [6.07, 6.45) is 0. The predicted octanol–water partition coefficient (Wildman–Crippen LogP) is -1.11. The van der Waals surface area contributed by atoms with Gasteiger partial charge in [-0.1, -0.05) is 24.3 Å². The molecule has 0 unspecified atom stereocenters. The minimum Gasteiger partial charge on any atom is -0.384 e. The summed E-state index contributed by atoms with van der Waals surface area (Å²) in [6, 6.07) is 10.1. The number of rotatable bonds is 6. The lowest BCUT2D eigenvalue weighted by molar-refractivity contribution is 0.536. The third-order valence-corrected chi connectivity index (χ3v) is 8.52. The molecule has 5 rings (SSSR count). The summed E-state index contributed by atoms with van der Waals surface area (Å²) in [6.45, 7) is 0.684. The van der Waals surface area contributed by atoms with Crippen LogP contribution in [0.3, 0.4) is 0 Å². The molecule has 4 aromatic rings. The van der Waals surface area contributed by atoms with Crippen molar-refractivity contribution in [2.24, 2.45) is 10.9 Å². The number of nitrogens with one attached hydrogen (secondary N) is 3. The van der Waals surface area contributed by atoms with E-state index in [-0.39, 0.29) is 29.3 Å². The molecule has 2 aromatic carbocycles. The smallest absolute Gasteiger partial charge is 0.242 e. The van der Waals surface area contributed by atoms with Crippen molar-refractivity contribution >= 4 is 36.8 Å². The number of sulfonamides is 2. The number of hydrogen-bond acceptors (Lipinski definition) is 11. The van der Waals surface area contributed by atoms with Crippen molar-refractivity contribution in [3.05, 3.63) is 42.5 Å². The summed E-state index contributed by atoms with van der Waals surface area (Å²) in [5.41, 5.74) is 12.9. The highest BCUT2D eigenvalue weighted by molar-refractivity contribution is 7.92. The zero-order valence-corrected chi connectivity index (χ0v) is 20.2. The highest BCUT2D eigenvalue weighted by Gasteiger charge is 2.35. The van der Waals surface area contributed by atoms with Gasteiger partial charge < -0.3 is 16.8 Å². The van der Waals surface area contributed by atoms with E-state index in [9.17, 15) is 16.8 Å². The van der Waals surface area contributed by atoms with Gasteiger partial charge in [-0.15, -0.1) is 10.2 Å². The molecule has 2 atom stereocenters. The van der Waals surface area contributed by atoms with Crippen molar-refractivity contribution in [1.82, 2.24) is 35.6 Å². The fraction of sp³-hybridized carbons (Fsp3) is 0.200. The fourth-order valence-electron chi connectivity index (χ4n) is 4.24. The maximum atomic E-state index is 13.4. The van der Waals surface area contributed by atoms with Crippen LogP contribution in [-0.2, 0) is 20.0 Å². The topological polar surface area (TPSA) is 238 Å². The summed E-state index contributed by atoms with van der Waals surface area (Å²) in [5, 5.41) is 22.9. The lowest BCUT2D eigenvalue weighted by Gasteiger charge is -2.20. The van der Waals surface area contributed by atoms with Crippen LogP contribution in [0, 0.1) is 0 Å². The normalized spacial score (nSPS) is 18.6. The number of benzene rings is 2. The zero-order valence-electron chi connectivity index (χ0n) is 18.6. The number of hydrogen-bond donors (Lipinski definition) is 6. The molecule has 16 heteroatoms. The highest BCUT2D eigenvalue weighted by atomic mass is 32.2. The van der Waals surface area contributed by atoms with Crippen molar-refractivity contribution in [3.63, 3.8) is 0 Å². The van der Waals surface area contributed by atoms with Crippen LogP contribution < -0.4 is 26.6 Å². The van der Waals surface area contributed by atoms with Gasteiger partial charge in [0, 0.05) is 30.1 Å². The van der Waals surface area contributed by atoms with E-state index in [2.05, 4.69) is 35.6 Å². The number of pyridine rings is 1. The van der Waals surface area contributed by atoms with Gasteiger partial charge in [0.05, 0.1) is 17.1 Å². The molecule has 1 saturated heterocycles. The Balaban J connectivity index is 1.83. The standard InChI is InChI=1S/C20H22N10O4S2/c21-13-8-24-9-14(13)28-36(33,34)15-6-5-11(12-3-1-2-10-4-7-16(22)25-18(10)12)17(19(15)35(23,31)32)20-26-29-30-27-20/h1-7,13-14,24,28H,8-9,21H2,(H2,22,25)(H2,23,31,32)(H,26,27,29,30)/t13-,14+/m1/s1. The van der Waals surface area contributed by atoms with Gasteiger partial charge in [-0.05, 0) is 29.0 Å². The van der Waals surface area contributed by atoms with Gasteiger partial charge >= 0.3 is 0 Å². The number of H-pyrrole nitrogens is 1. The van der Waals surface area contributed by atoms with Crippen LogP contribution >= 0.6 is 0 Å². The molecule has 0 saturated carbocycles. The number of aromatic amines is 1. The third-order valence-electron chi connectivity index (χ3n) is 5.86. The second kappa shape index (κ2) is 8.84. The Hall–Kier alpha value is -3.54. The predicted molar refractivity (Wildman–Crippen MR) is 131 cm³/mol. The van der Waals surface area contributed by atoms with E-state index in [1.54, 1.807) is 24.3 Å². The summed E-state index contributed by atoms with van der Waals surface area (Å²) >= 11 is 0. The Morgan fingerprint density at radius 1 is 1.00 bits per heavy atom. The van der Waals surface area contributed by atoms with Crippen LogP contribution in [0.2, 0.25) is 0 Å². The molecule has 0 radical (unpaired) electrons. The first-order chi connectivity index (χ1) is 17.1. The molecule has 1 fully saturated rings. The van der Waals surface area contributed by atoms with E-state index in [1.807, 2.05) is 6.07 Å². The molecule has 0 bridgehead atoms. The number of para-hydroxylation sites is 1. The first kappa shape index (κ1) is 24.2. The van der Waals surface area contributed by atoms with E-state index >= 15 is 0 Å². The lowest BCUT2D eigenvalue weighted by Crippen LogP contribution is -2.46. The first-order valence-electron chi connectivity index (χ1n) is 10.6. The molecule has 0 spiro atoms. The number of nitrogens with zero attached hydrogens (tertiary/aromatic N) is 4. The summed E-state index contributed by atoms with van der Waals surface area (Å²) in [7, 11) is -9.05. The Morgan fingerprint density at radius 2 is 1.81 bits per heavy atom. The van der Waals surface area contributed by atoms with Gasteiger partial charge in [0.15, 0.2) is 0 Å². The maximum absolute atomic E-state index is 13.4. The Kier molecular flexibility index (Phi) is 5.93. The number of fused-ring (bicyclic) bond motifs is 1. The maximum Gasteiger partial charge on any atom is 0.242 e. The van der Waals surface area contributed by atoms with Crippen molar-refractivity contribution < 1.29 is 16.8 Å². The molecule has 2 aromatic heterocycles. The van der Waals surface area contributed by atoms with Crippen LogP contribution in [-0.4, -0.2) is 67.6 Å². The number of primary sulfonamides is 1. The fourth-order valence-corrected chi connectivity index (χ4v) is 7.13. The molecule has 14 nitrogen and oxygen atoms in total. The molecule has 9 N–H and O–H groups in total. The SMILES string of the molecule is Nc1ccc2cccc(-c3ccc(S(=O)(=O)N[C@H]4CNC[C@H]4N)c(S(N)(=O)=O)c3-c3nn[nH]n3)c2n1. The molecular weight excluding hydrogens is 508 g/mol. The van der Waals surface area contributed by atoms with Crippen molar-refractivity contribution in [2.45, 2.75) is 21.9 Å². The third kappa shape index (κ3) is 4.29. The Bertz CT molecular complexity index is 1670. The van der Waals surface area contributed by atoms with E-state index < -0.39 is 41.9 Å². The number of tetrazole rings is 1. The highest BCUT2D eigenvalue weighted by Crippen LogP contribution is 2.40. The summed E-state index contributed by atoms with van der Waals surface area (Å²) in [5.74, 6) is 0.0684. The first-order valence-corrected chi connectivity index (χ1v) is 13.7. The molecule has 0 amide bonds. The number of nitrogen functional groups attached to an aromatic ring is 1. The largest absolute Gasteiger partial charge is 0.384 e. The molecule has 0 aliphatic carbocycles. The van der Waals surface area contributed by atoms with Gasteiger partial charge in [0.2, 0.25) is 25.9 Å². The minimum atomic E-state index is -4.65. The van der Waals surface area contributed by atoms with Gasteiger partial charge in [-0.25, -0.2) is 31.7 Å². The van der Waals surface area contributed by atoms with Gasteiger partial charge in [0.25, 0.3) is 0 Å². The monoisotopic (exact) mass is 530 g/mol. The van der Waals surface area contributed by atoms with Crippen LogP contribution in [0.15, 0.2) is 52.3 Å². The second-order valence-electron chi connectivity index (χ2n) is 8.26. The molecular formula is C20H22N10O4S2. The van der Waals surface area contributed by atoms with E-state index in [4.69, 9.17) is 16.6 Å². The quantitative estimate of drug-likeness (QED) is 0.175. The average molecular weight is 531 g/mol. The van der Waals surface area contributed by atoms with Crippen LogP contribution in [0.25, 0.3) is 33.4 Å². The van der Waals surface area contributed by atoms with Crippen LogP contribution in [0.4, 0.5) is 5.82 Å². The molecule has 1 aliphatic rings. The zero-order chi connectivity index (χ0) is 25.7. The summed E-state index contributed by atoms with van der Waals surface area (Å²) < 4.78 is 55.2. The number of aromatic nitrogens is 5. The van der Waals surface area contributed by atoms with Gasteiger partial charge in [-0.3, -0.25) is 0 Å². The van der Waals surface area contributed by atoms with Crippen LogP contribution in [0.5, 0.6) is 0 Å². The Labute approximate surface area is 205 Å². The number of nitrogens with two attached hydrogens (primary N) is 3. The minimum absolute atomic E-state index is 0.153. The van der Waals surface area contributed by atoms with Gasteiger partial charge in [0.1, 0.15) is 15.6 Å². The number of anilines is 1. The molecule has 188 valence electrons. The van der Waals surface area contributed by atoms with Crippen molar-refractivity contribution in [1.29, 1.82) is 0 Å². The molecule has 36 heavy (non-hydrogen) atoms. The van der Waals surface area contributed by atoms with Crippen LogP contribution in [0.1, 0.15) is 0 Å². The molecule has 1 aliphatic heterocycles. The molecule has 3 heterocycles. The van der Waals surface area contributed by atoms with Crippen molar-refractivity contribution in [3.8, 4) is 22.5 Å². The van der Waals surface area contributed by atoms with E-state index in [0.717, 1.165) is 5.39 Å². The second-order valence-corrected chi connectivity index (χ2v) is 11.4. The van der Waals surface area contributed by atoms with E-state index in [1.165, 1.54) is 12.1 Å². The Morgan fingerprint density at radius 3 is 2.47 bits per heavy atom. The van der Waals surface area contributed by atoms with E-state index in [0.29, 0.717) is 17.6 Å². The van der Waals surface area contributed by atoms with Crippen molar-refractivity contribution in [2.75, 3.05) is 18.8 Å². The lowest BCUT2D eigenvalue weighted by atomic mass is 9.96. The average Bonchev–Trinajstić information content (AvgIpc) is 3.49. The summed E-state index contributed by atoms with van der Waals surface area (Å²) in [4.78, 5) is 3.14.